The SMILES string of the molecule is Cc1csc(NC(=O)N[C@@H](CC(C)C)C(=O)O)n1. The van der Waals surface area contributed by atoms with E-state index < -0.39 is 18.0 Å². The largest absolute Gasteiger partial charge is 0.480 e. The number of hydrogen-bond donors (Lipinski definition) is 3. The molecule has 1 aromatic rings. The van der Waals surface area contributed by atoms with E-state index in [9.17, 15) is 9.59 Å². The Labute approximate surface area is 109 Å². The van der Waals surface area contributed by atoms with Crippen LogP contribution in [0.2, 0.25) is 0 Å². The van der Waals surface area contributed by atoms with Crippen molar-refractivity contribution in [3.63, 3.8) is 0 Å². The Kier molecular flexibility index (Phi) is 5.08. The number of urea groups is 1. The quantitative estimate of drug-likeness (QED) is 0.764. The van der Waals surface area contributed by atoms with Crippen LogP contribution in [-0.4, -0.2) is 28.1 Å². The summed E-state index contributed by atoms with van der Waals surface area (Å²) in [7, 11) is 0. The van der Waals surface area contributed by atoms with E-state index in [1.807, 2.05) is 20.8 Å². The summed E-state index contributed by atoms with van der Waals surface area (Å²) in [6, 6.07) is -1.43. The maximum absolute atomic E-state index is 11.6. The van der Waals surface area contributed by atoms with Gasteiger partial charge in [-0.25, -0.2) is 14.6 Å². The average Bonchev–Trinajstić information content (AvgIpc) is 2.62. The number of amides is 2. The van der Waals surface area contributed by atoms with Crippen LogP contribution in [0.25, 0.3) is 0 Å². The van der Waals surface area contributed by atoms with E-state index in [4.69, 9.17) is 5.11 Å². The minimum Gasteiger partial charge on any atom is -0.480 e. The van der Waals surface area contributed by atoms with Crippen LogP contribution >= 0.6 is 11.3 Å². The summed E-state index contributed by atoms with van der Waals surface area (Å²) in [5, 5.41) is 16.2. The number of carbonyl (C=O) groups is 2. The van der Waals surface area contributed by atoms with Gasteiger partial charge in [-0.15, -0.1) is 11.3 Å². The van der Waals surface area contributed by atoms with Gasteiger partial charge in [-0.05, 0) is 19.3 Å². The molecule has 2 amide bonds. The monoisotopic (exact) mass is 271 g/mol. The summed E-state index contributed by atoms with van der Waals surface area (Å²) in [6.45, 7) is 5.62. The molecule has 0 aliphatic rings. The van der Waals surface area contributed by atoms with Crippen molar-refractivity contribution in [3.05, 3.63) is 11.1 Å². The van der Waals surface area contributed by atoms with Crippen LogP contribution in [0.15, 0.2) is 5.38 Å². The summed E-state index contributed by atoms with van der Waals surface area (Å²) in [5.41, 5.74) is 0.812. The van der Waals surface area contributed by atoms with Gasteiger partial charge in [0.2, 0.25) is 0 Å². The van der Waals surface area contributed by atoms with Gasteiger partial charge in [0.25, 0.3) is 0 Å². The molecule has 0 aliphatic carbocycles. The summed E-state index contributed by atoms with van der Waals surface area (Å²) < 4.78 is 0. The van der Waals surface area contributed by atoms with Gasteiger partial charge in [-0.3, -0.25) is 5.32 Å². The first kappa shape index (κ1) is 14.4. The van der Waals surface area contributed by atoms with Crippen molar-refractivity contribution >= 4 is 28.5 Å². The lowest BCUT2D eigenvalue weighted by Gasteiger charge is -2.16. The molecule has 7 heteroatoms. The standard InChI is InChI=1S/C11H17N3O3S/c1-6(2)4-8(9(15)16)13-10(17)14-11-12-7(3)5-18-11/h5-6,8H,4H2,1-3H3,(H,15,16)(H2,12,13,14,17)/t8-/m0/s1. The van der Waals surface area contributed by atoms with Gasteiger partial charge in [-0.1, -0.05) is 13.8 Å². The van der Waals surface area contributed by atoms with E-state index in [0.29, 0.717) is 11.6 Å². The average molecular weight is 271 g/mol. The number of carbonyl (C=O) groups excluding carboxylic acids is 1. The number of nitrogens with zero attached hydrogens (tertiary/aromatic N) is 1. The van der Waals surface area contributed by atoms with Crippen molar-refractivity contribution in [3.8, 4) is 0 Å². The molecule has 0 saturated carbocycles. The van der Waals surface area contributed by atoms with Gasteiger partial charge < -0.3 is 10.4 Å². The number of carboxylic acids is 1. The summed E-state index contributed by atoms with van der Waals surface area (Å²) in [6.07, 6.45) is 0.389. The topological polar surface area (TPSA) is 91.3 Å². The summed E-state index contributed by atoms with van der Waals surface area (Å²) in [4.78, 5) is 26.6. The van der Waals surface area contributed by atoms with E-state index in [1.54, 1.807) is 5.38 Å². The molecule has 0 unspecified atom stereocenters. The van der Waals surface area contributed by atoms with Gasteiger partial charge in [0, 0.05) is 5.38 Å². The molecular weight excluding hydrogens is 254 g/mol. The maximum atomic E-state index is 11.6. The van der Waals surface area contributed by atoms with E-state index in [0.717, 1.165) is 5.69 Å². The molecule has 0 aromatic carbocycles. The third kappa shape index (κ3) is 4.70. The van der Waals surface area contributed by atoms with Crippen LogP contribution in [0.1, 0.15) is 26.0 Å². The zero-order chi connectivity index (χ0) is 13.7. The Morgan fingerprint density at radius 3 is 2.61 bits per heavy atom. The Hall–Kier alpha value is -1.63. The number of thiazole rings is 1. The van der Waals surface area contributed by atoms with Gasteiger partial charge in [0.1, 0.15) is 6.04 Å². The first-order valence-corrected chi connectivity index (χ1v) is 6.49. The van der Waals surface area contributed by atoms with E-state index in [2.05, 4.69) is 15.6 Å². The molecule has 0 fully saturated rings. The van der Waals surface area contributed by atoms with Crippen LogP contribution in [-0.2, 0) is 4.79 Å². The van der Waals surface area contributed by atoms with Crippen LogP contribution in [0, 0.1) is 12.8 Å². The molecule has 0 radical (unpaired) electrons. The lowest BCUT2D eigenvalue weighted by molar-refractivity contribution is -0.139. The zero-order valence-electron chi connectivity index (χ0n) is 10.6. The summed E-state index contributed by atoms with van der Waals surface area (Å²) >= 11 is 1.30. The molecule has 0 bridgehead atoms. The van der Waals surface area contributed by atoms with Gasteiger partial charge in [0.15, 0.2) is 5.13 Å². The molecule has 100 valence electrons. The second kappa shape index (κ2) is 6.34. The van der Waals surface area contributed by atoms with Gasteiger partial charge >= 0.3 is 12.0 Å². The Morgan fingerprint density at radius 1 is 1.50 bits per heavy atom. The Morgan fingerprint density at radius 2 is 2.17 bits per heavy atom. The molecule has 0 saturated heterocycles. The molecule has 1 atom stereocenters. The van der Waals surface area contributed by atoms with Crippen LogP contribution < -0.4 is 10.6 Å². The number of carboxylic acid groups (broad SMARTS) is 1. The van der Waals surface area contributed by atoms with Crippen molar-refractivity contribution in [1.82, 2.24) is 10.3 Å². The highest BCUT2D eigenvalue weighted by Gasteiger charge is 2.21. The number of aryl methyl sites for hydroxylation is 1. The molecule has 6 nitrogen and oxygen atoms in total. The van der Waals surface area contributed by atoms with Crippen molar-refractivity contribution in [1.29, 1.82) is 0 Å². The molecule has 3 N–H and O–H groups in total. The van der Waals surface area contributed by atoms with Crippen molar-refractivity contribution in [2.75, 3.05) is 5.32 Å². The van der Waals surface area contributed by atoms with Crippen LogP contribution in [0.5, 0.6) is 0 Å². The minimum absolute atomic E-state index is 0.188. The lowest BCUT2D eigenvalue weighted by Crippen LogP contribution is -2.43. The van der Waals surface area contributed by atoms with Crippen LogP contribution in [0.3, 0.4) is 0 Å². The van der Waals surface area contributed by atoms with Gasteiger partial charge in [-0.2, -0.15) is 0 Å². The molecule has 1 rings (SSSR count). The number of nitrogens with one attached hydrogen (secondary N) is 2. The van der Waals surface area contributed by atoms with E-state index in [-0.39, 0.29) is 5.92 Å². The normalized spacial score (nSPS) is 12.2. The van der Waals surface area contributed by atoms with Crippen molar-refractivity contribution < 1.29 is 14.7 Å². The lowest BCUT2D eigenvalue weighted by atomic mass is 10.0. The highest BCUT2D eigenvalue weighted by molar-refractivity contribution is 7.13. The fourth-order valence-electron chi connectivity index (χ4n) is 1.40. The highest BCUT2D eigenvalue weighted by Crippen LogP contribution is 2.14. The van der Waals surface area contributed by atoms with E-state index in [1.165, 1.54) is 11.3 Å². The zero-order valence-corrected chi connectivity index (χ0v) is 11.4. The summed E-state index contributed by atoms with van der Waals surface area (Å²) in [5.74, 6) is -0.845. The number of anilines is 1. The number of hydrogen-bond acceptors (Lipinski definition) is 4. The smallest absolute Gasteiger partial charge is 0.326 e. The van der Waals surface area contributed by atoms with E-state index >= 15 is 0 Å². The molecular formula is C11H17N3O3S. The Bertz CT molecular complexity index is 431. The molecule has 0 aliphatic heterocycles. The minimum atomic E-state index is -1.03. The second-order valence-electron chi connectivity index (χ2n) is 4.41. The number of aromatic nitrogens is 1. The van der Waals surface area contributed by atoms with Gasteiger partial charge in [0.05, 0.1) is 5.69 Å². The molecule has 1 heterocycles. The Balaban J connectivity index is 2.53. The van der Waals surface area contributed by atoms with Crippen molar-refractivity contribution in [2.24, 2.45) is 5.92 Å². The third-order valence-electron chi connectivity index (χ3n) is 2.15. The number of rotatable bonds is 5. The predicted molar refractivity (Wildman–Crippen MR) is 69.9 cm³/mol. The predicted octanol–water partition coefficient (Wildman–Crippen LogP) is 2.07. The highest BCUT2D eigenvalue weighted by atomic mass is 32.1. The fourth-order valence-corrected chi connectivity index (χ4v) is 2.08. The van der Waals surface area contributed by atoms with Crippen LogP contribution in [0.4, 0.5) is 9.93 Å². The fraction of sp³-hybridized carbons (Fsp3) is 0.545. The first-order valence-electron chi connectivity index (χ1n) is 5.61. The second-order valence-corrected chi connectivity index (χ2v) is 5.27. The molecule has 0 spiro atoms. The first-order chi connectivity index (χ1) is 8.38. The number of aliphatic carboxylic acids is 1. The van der Waals surface area contributed by atoms with Crippen molar-refractivity contribution in [2.45, 2.75) is 33.2 Å². The molecule has 18 heavy (non-hydrogen) atoms. The maximum Gasteiger partial charge on any atom is 0.326 e. The molecule has 1 aromatic heterocycles. The third-order valence-corrected chi connectivity index (χ3v) is 3.03.